The number of aromatic nitrogens is 1. The van der Waals surface area contributed by atoms with Crippen molar-refractivity contribution in [3.8, 4) is 11.1 Å². The van der Waals surface area contributed by atoms with Crippen molar-refractivity contribution >= 4 is 15.9 Å². The fraction of sp³-hybridized carbons (Fsp3) is 0.500. The van der Waals surface area contributed by atoms with Crippen LogP contribution in [0.3, 0.4) is 0 Å². The number of oxime groups is 1. The van der Waals surface area contributed by atoms with E-state index in [4.69, 9.17) is 4.84 Å². The predicted molar refractivity (Wildman–Crippen MR) is 128 cm³/mol. The minimum absolute atomic E-state index is 0.0613. The first-order chi connectivity index (χ1) is 17.0. The molecule has 1 atom stereocenters. The summed E-state index contributed by atoms with van der Waals surface area (Å²) < 4.78 is 74.5. The molecule has 1 aromatic carbocycles. The van der Waals surface area contributed by atoms with Crippen LogP contribution in [0.5, 0.6) is 0 Å². The molecule has 0 spiro atoms. The van der Waals surface area contributed by atoms with Crippen molar-refractivity contribution in [3.05, 3.63) is 53.1 Å². The highest BCUT2D eigenvalue weighted by Gasteiger charge is 2.54. The Morgan fingerprint density at radius 3 is 2.17 bits per heavy atom. The van der Waals surface area contributed by atoms with Crippen molar-refractivity contribution < 1.29 is 30.8 Å². The van der Waals surface area contributed by atoms with Gasteiger partial charge in [-0.25, -0.2) is 31.1 Å². The van der Waals surface area contributed by atoms with E-state index in [-0.39, 0.29) is 24.0 Å². The number of pyridine rings is 1. The molecule has 198 valence electrons. The van der Waals surface area contributed by atoms with E-state index in [2.05, 4.69) is 20.2 Å². The smallest absolute Gasteiger partial charge is 0.244 e. The number of nitrogens with zero attached hydrogens (tertiary/aromatic N) is 3. The number of halogens is 4. The minimum atomic E-state index is -3.90. The Hall–Kier alpha value is -2.73. The van der Waals surface area contributed by atoms with Crippen LogP contribution < -0.4 is 5.14 Å². The molecule has 7 nitrogen and oxygen atoms in total. The lowest BCUT2D eigenvalue weighted by molar-refractivity contribution is 0.0828. The van der Waals surface area contributed by atoms with Crippen molar-refractivity contribution in [2.45, 2.75) is 64.0 Å². The van der Waals surface area contributed by atoms with Crippen LogP contribution in [0, 0.1) is 24.4 Å². The van der Waals surface area contributed by atoms with Crippen molar-refractivity contribution in [2.75, 3.05) is 13.1 Å². The molecule has 0 radical (unpaired) electrons. The Bertz CT molecular complexity index is 1210. The van der Waals surface area contributed by atoms with Gasteiger partial charge in [-0.15, -0.1) is 0 Å². The maximum absolute atomic E-state index is 14.3. The number of hydrogen-bond acceptors (Lipinski definition) is 6. The number of likely N-dealkylation sites (tertiary alicyclic amines) is 1. The number of nitrogens with two attached hydrogens (primary N) is 1. The molecule has 1 aliphatic carbocycles. The molecule has 2 fully saturated rings. The van der Waals surface area contributed by atoms with Crippen LogP contribution in [0.1, 0.15) is 63.3 Å². The Kier molecular flexibility index (Phi) is 8.60. The monoisotopic (exact) mass is 530 g/mol. The Morgan fingerprint density at radius 1 is 1.08 bits per heavy atom. The standard InChI is InChI=1S/C19H18F3N3O.C3H6FNO2S.C2H6/c1-11-6-13(18-14(21)7-12(20)8-15(18)22)19(23-10-11)16-9-17(24-26-16)25-4-2-3-5-25;4-3(1-2-3)8(5,6)7;1-2/h6-8,10,16H,2-5,9H2,1H3;1-2H2,(H2,5,6,7);1-2H3/t16-;;/m0../s1. The Labute approximate surface area is 208 Å². The van der Waals surface area contributed by atoms with Crippen molar-refractivity contribution in [2.24, 2.45) is 10.3 Å². The molecule has 0 bridgehead atoms. The molecule has 1 saturated carbocycles. The van der Waals surface area contributed by atoms with E-state index in [0.717, 1.165) is 37.3 Å². The number of primary sulfonamides is 1. The summed E-state index contributed by atoms with van der Waals surface area (Å²) >= 11 is 0. The predicted octanol–water partition coefficient (Wildman–Crippen LogP) is 5.11. The summed E-state index contributed by atoms with van der Waals surface area (Å²) in [6.07, 6.45) is 3.94. The first-order valence-corrected chi connectivity index (χ1v) is 13.3. The van der Waals surface area contributed by atoms with Crippen LogP contribution in [0.15, 0.2) is 29.6 Å². The van der Waals surface area contributed by atoms with Gasteiger partial charge in [0.05, 0.1) is 17.7 Å². The molecule has 36 heavy (non-hydrogen) atoms. The molecule has 1 saturated heterocycles. The zero-order chi connectivity index (χ0) is 26.7. The summed E-state index contributed by atoms with van der Waals surface area (Å²) in [4.78, 5) is 12.1. The van der Waals surface area contributed by atoms with E-state index in [1.807, 2.05) is 13.8 Å². The highest BCUT2D eigenvalue weighted by Crippen LogP contribution is 2.43. The van der Waals surface area contributed by atoms with Crippen molar-refractivity contribution in [1.82, 2.24) is 9.88 Å². The molecular weight excluding hydrogens is 500 g/mol. The van der Waals surface area contributed by atoms with Gasteiger partial charge in [0.1, 0.15) is 23.3 Å². The quantitative estimate of drug-likeness (QED) is 0.557. The van der Waals surface area contributed by atoms with Crippen molar-refractivity contribution in [3.63, 3.8) is 0 Å². The van der Waals surface area contributed by atoms with Gasteiger partial charge in [-0.1, -0.05) is 19.0 Å². The number of alkyl halides is 1. The first kappa shape index (κ1) is 27.9. The fourth-order valence-corrected chi connectivity index (χ4v) is 4.56. The van der Waals surface area contributed by atoms with Crippen LogP contribution in [-0.2, 0) is 14.9 Å². The zero-order valence-electron chi connectivity index (χ0n) is 20.4. The van der Waals surface area contributed by atoms with Crippen molar-refractivity contribution in [1.29, 1.82) is 0 Å². The second-order valence-corrected chi connectivity index (χ2v) is 10.4. The normalized spacial score (nSPS) is 19.9. The molecule has 3 heterocycles. The lowest BCUT2D eigenvalue weighted by Crippen LogP contribution is -2.26. The van der Waals surface area contributed by atoms with Gasteiger partial charge in [-0.3, -0.25) is 4.98 Å². The summed E-state index contributed by atoms with van der Waals surface area (Å²) in [7, 11) is -3.90. The molecule has 0 unspecified atom stereocenters. The lowest BCUT2D eigenvalue weighted by atomic mass is 9.97. The average molecular weight is 531 g/mol. The molecule has 12 heteroatoms. The SMILES string of the molecule is CC.Cc1cnc([C@@H]2CC(N3CCCC3)=NO2)c(-c2c(F)cc(F)cc2F)c1.NS(=O)(=O)C1(F)CC1. The van der Waals surface area contributed by atoms with E-state index >= 15 is 0 Å². The van der Waals surface area contributed by atoms with E-state index in [0.29, 0.717) is 24.2 Å². The highest BCUT2D eigenvalue weighted by molar-refractivity contribution is 7.90. The maximum atomic E-state index is 14.3. The minimum Gasteiger partial charge on any atom is -0.384 e. The van der Waals surface area contributed by atoms with E-state index in [9.17, 15) is 26.0 Å². The first-order valence-electron chi connectivity index (χ1n) is 11.8. The van der Waals surface area contributed by atoms with Crippen LogP contribution in [0.25, 0.3) is 11.1 Å². The molecular formula is C24H30F4N4O3S. The number of aryl methyl sites for hydroxylation is 1. The van der Waals surface area contributed by atoms with Gasteiger partial charge in [-0.05, 0) is 31.4 Å². The van der Waals surface area contributed by atoms with E-state index in [1.165, 1.54) is 0 Å². The van der Waals surface area contributed by atoms with Crippen LogP contribution >= 0.6 is 0 Å². The summed E-state index contributed by atoms with van der Waals surface area (Å²) in [5.74, 6) is -2.05. The summed E-state index contributed by atoms with van der Waals surface area (Å²) in [5, 5.41) is 6.56. The fourth-order valence-electron chi connectivity index (χ4n) is 3.89. The van der Waals surface area contributed by atoms with Gasteiger partial charge in [-0.2, -0.15) is 0 Å². The largest absolute Gasteiger partial charge is 0.384 e. The number of rotatable bonds is 3. The van der Waals surface area contributed by atoms with Crippen LogP contribution in [0.4, 0.5) is 17.6 Å². The number of hydrogen-bond donors (Lipinski definition) is 1. The molecule has 2 N–H and O–H groups in total. The number of amidine groups is 1. The molecule has 1 aromatic heterocycles. The van der Waals surface area contributed by atoms with Crippen LogP contribution in [0.2, 0.25) is 0 Å². The Morgan fingerprint density at radius 2 is 1.67 bits per heavy atom. The Balaban J connectivity index is 0.000000305. The third-order valence-corrected chi connectivity index (χ3v) is 7.34. The highest BCUT2D eigenvalue weighted by atomic mass is 32.2. The van der Waals surface area contributed by atoms with Gasteiger partial charge < -0.3 is 9.74 Å². The van der Waals surface area contributed by atoms with E-state index in [1.54, 1.807) is 19.2 Å². The van der Waals surface area contributed by atoms with Gasteiger partial charge in [0.2, 0.25) is 15.0 Å². The number of sulfonamides is 1. The molecule has 3 aliphatic rings. The topological polar surface area (TPSA) is 97.9 Å². The second-order valence-electron chi connectivity index (χ2n) is 8.62. The maximum Gasteiger partial charge on any atom is 0.244 e. The van der Waals surface area contributed by atoms with Gasteiger partial charge >= 0.3 is 0 Å². The summed E-state index contributed by atoms with van der Waals surface area (Å²) in [6, 6.07) is 2.98. The summed E-state index contributed by atoms with van der Waals surface area (Å²) in [6.45, 7) is 7.65. The third-order valence-electron chi connectivity index (χ3n) is 5.91. The van der Waals surface area contributed by atoms with Crippen LogP contribution in [-0.4, -0.2) is 42.2 Å². The lowest BCUT2D eigenvalue weighted by Gasteiger charge is -2.17. The molecule has 5 rings (SSSR count). The zero-order valence-corrected chi connectivity index (χ0v) is 21.2. The third kappa shape index (κ3) is 6.15. The molecule has 2 aromatic rings. The van der Waals surface area contributed by atoms with Gasteiger partial charge in [0, 0.05) is 49.8 Å². The average Bonchev–Trinajstić information content (AvgIpc) is 3.19. The van der Waals surface area contributed by atoms with Gasteiger partial charge in [0.15, 0.2) is 6.10 Å². The van der Waals surface area contributed by atoms with E-state index < -0.39 is 38.6 Å². The molecule has 0 amide bonds. The summed E-state index contributed by atoms with van der Waals surface area (Å²) in [5.41, 5.74) is 1.11. The second kappa shape index (κ2) is 11.1. The molecule has 2 aliphatic heterocycles. The van der Waals surface area contributed by atoms with Gasteiger partial charge in [0.25, 0.3) is 0 Å². The number of benzene rings is 1.